The summed E-state index contributed by atoms with van der Waals surface area (Å²) in [6.07, 6.45) is -3.27. The summed E-state index contributed by atoms with van der Waals surface area (Å²) >= 11 is 6.13. The molecule has 5 rings (SSSR count). The summed E-state index contributed by atoms with van der Waals surface area (Å²) in [4.78, 5) is 0. The maximum Gasteiger partial charge on any atom is 0.434 e. The molecule has 0 spiro atoms. The van der Waals surface area contributed by atoms with Gasteiger partial charge in [0.25, 0.3) is 5.89 Å². The molecule has 5 aromatic rings. The molecule has 0 amide bonds. The molecule has 0 unspecified atom stereocenters. The molecule has 0 saturated heterocycles. The van der Waals surface area contributed by atoms with Crippen LogP contribution < -0.4 is 0 Å². The lowest BCUT2D eigenvalue weighted by molar-refractivity contribution is -0.142. The van der Waals surface area contributed by atoms with Crippen molar-refractivity contribution in [3.8, 4) is 39.7 Å². The van der Waals surface area contributed by atoms with E-state index in [2.05, 4.69) is 20.5 Å². The second kappa shape index (κ2) is 8.06. The van der Waals surface area contributed by atoms with Crippen molar-refractivity contribution in [2.45, 2.75) is 6.18 Å². The number of alkyl halides is 3. The van der Waals surface area contributed by atoms with Crippen LogP contribution in [0.1, 0.15) is 5.69 Å². The Hall–Kier alpha value is -4.06. The third-order valence-corrected chi connectivity index (χ3v) is 5.14. The maximum absolute atomic E-state index is 14.6. The third kappa shape index (κ3) is 3.52. The van der Waals surface area contributed by atoms with Gasteiger partial charge in [0, 0.05) is 0 Å². The van der Waals surface area contributed by atoms with Crippen LogP contribution >= 0.6 is 11.6 Å². The summed E-state index contributed by atoms with van der Waals surface area (Å²) < 4.78 is 82.3. The van der Waals surface area contributed by atoms with Crippen LogP contribution in [0.5, 0.6) is 0 Å². The Balaban J connectivity index is 1.81. The fourth-order valence-electron chi connectivity index (χ4n) is 3.44. The van der Waals surface area contributed by atoms with E-state index in [0.717, 1.165) is 30.8 Å². The van der Waals surface area contributed by atoms with Gasteiger partial charge >= 0.3 is 6.18 Å². The first-order valence-electron chi connectivity index (χ1n) is 9.38. The quantitative estimate of drug-likeness (QED) is 0.277. The number of hydrogen-bond acceptors (Lipinski definition) is 6. The molecule has 2 aromatic carbocycles. The SMILES string of the molecule is Fc1ccccc1-n1ncc(-c2onc(-c3c(F)cccc3Cl)c2-c2nnco2)c1C(F)(F)F. The van der Waals surface area contributed by atoms with E-state index >= 15 is 0 Å². The molecular formula is C21H9ClF5N5O2. The fourth-order valence-corrected chi connectivity index (χ4v) is 3.70. The molecule has 13 heteroatoms. The molecule has 0 bridgehead atoms. The number of rotatable bonds is 4. The van der Waals surface area contributed by atoms with Crippen LogP contribution in [-0.4, -0.2) is 25.1 Å². The predicted octanol–water partition coefficient (Wildman–Crippen LogP) is 6.19. The molecule has 0 N–H and O–H groups in total. The highest BCUT2D eigenvalue weighted by Crippen LogP contribution is 2.46. The first-order chi connectivity index (χ1) is 16.3. The van der Waals surface area contributed by atoms with Gasteiger partial charge in [-0.25, -0.2) is 13.5 Å². The van der Waals surface area contributed by atoms with Crippen LogP contribution in [0.15, 0.2) is 64.0 Å². The van der Waals surface area contributed by atoms with Gasteiger partial charge < -0.3 is 8.94 Å². The Morgan fingerprint density at radius 3 is 2.38 bits per heavy atom. The van der Waals surface area contributed by atoms with Gasteiger partial charge in [0.2, 0.25) is 6.39 Å². The fraction of sp³-hybridized carbons (Fsp3) is 0.0476. The Bertz CT molecular complexity index is 1470. The highest BCUT2D eigenvalue weighted by atomic mass is 35.5. The normalized spacial score (nSPS) is 11.8. The Morgan fingerprint density at radius 2 is 1.71 bits per heavy atom. The average Bonchev–Trinajstić information content (AvgIpc) is 3.52. The molecule has 0 aliphatic heterocycles. The summed E-state index contributed by atoms with van der Waals surface area (Å²) in [7, 11) is 0. The number of aromatic nitrogens is 5. The summed E-state index contributed by atoms with van der Waals surface area (Å²) in [6.45, 7) is 0. The van der Waals surface area contributed by atoms with Gasteiger partial charge in [-0.2, -0.15) is 18.3 Å². The Kier molecular flexibility index (Phi) is 5.16. The summed E-state index contributed by atoms with van der Waals surface area (Å²) in [5, 5.41) is 14.6. The second-order valence-electron chi connectivity index (χ2n) is 6.84. The van der Waals surface area contributed by atoms with E-state index in [-0.39, 0.29) is 27.7 Å². The molecule has 0 fully saturated rings. The minimum absolute atomic E-state index is 0.0845. The van der Waals surface area contributed by atoms with Gasteiger partial charge in [-0.3, -0.25) is 0 Å². The van der Waals surface area contributed by atoms with E-state index < -0.39 is 40.5 Å². The number of nitrogens with zero attached hydrogens (tertiary/aromatic N) is 5. The monoisotopic (exact) mass is 493 g/mol. The van der Waals surface area contributed by atoms with Gasteiger partial charge in [0.05, 0.1) is 22.3 Å². The van der Waals surface area contributed by atoms with Crippen LogP contribution in [0.4, 0.5) is 22.0 Å². The second-order valence-corrected chi connectivity index (χ2v) is 7.25. The van der Waals surface area contributed by atoms with Crippen molar-refractivity contribution >= 4 is 11.6 Å². The van der Waals surface area contributed by atoms with E-state index in [0.29, 0.717) is 4.68 Å². The summed E-state index contributed by atoms with van der Waals surface area (Å²) in [5.41, 5.74) is -3.19. The van der Waals surface area contributed by atoms with Gasteiger partial charge in [0.1, 0.15) is 28.6 Å². The molecule has 34 heavy (non-hydrogen) atoms. The van der Waals surface area contributed by atoms with E-state index in [1.165, 1.54) is 24.3 Å². The van der Waals surface area contributed by atoms with Crippen molar-refractivity contribution in [3.63, 3.8) is 0 Å². The average molecular weight is 494 g/mol. The predicted molar refractivity (Wildman–Crippen MR) is 108 cm³/mol. The van der Waals surface area contributed by atoms with Crippen LogP contribution in [-0.2, 0) is 6.18 Å². The van der Waals surface area contributed by atoms with Crippen LogP contribution in [0.3, 0.4) is 0 Å². The molecular weight excluding hydrogens is 485 g/mol. The smallest absolute Gasteiger partial charge is 0.423 e. The molecule has 7 nitrogen and oxygen atoms in total. The third-order valence-electron chi connectivity index (χ3n) is 4.83. The molecule has 0 aliphatic rings. The minimum atomic E-state index is -5.01. The van der Waals surface area contributed by atoms with E-state index in [1.54, 1.807) is 0 Å². The molecule has 3 heterocycles. The number of halogens is 6. The minimum Gasteiger partial charge on any atom is -0.423 e. The van der Waals surface area contributed by atoms with Crippen LogP contribution in [0.2, 0.25) is 5.02 Å². The van der Waals surface area contributed by atoms with Crippen molar-refractivity contribution in [1.82, 2.24) is 25.1 Å². The van der Waals surface area contributed by atoms with Crippen molar-refractivity contribution in [2.75, 3.05) is 0 Å². The Morgan fingerprint density at radius 1 is 0.941 bits per heavy atom. The van der Waals surface area contributed by atoms with Crippen molar-refractivity contribution in [3.05, 3.63) is 77.4 Å². The Labute approximate surface area is 191 Å². The number of benzene rings is 2. The summed E-state index contributed by atoms with van der Waals surface area (Å²) in [5.74, 6) is -2.56. The standard InChI is InChI=1S/C21H9ClF5N5O2/c22-11-4-3-6-13(24)15(11)17-16(20-30-28-9-33-20)18(34-31-17)10-8-29-32(19(10)21(25,26)27)14-7-2-1-5-12(14)23/h1-9H. The maximum atomic E-state index is 14.6. The number of hydrogen-bond donors (Lipinski definition) is 0. The molecule has 0 atom stereocenters. The first-order valence-corrected chi connectivity index (χ1v) is 9.76. The van der Waals surface area contributed by atoms with E-state index in [1.807, 2.05) is 0 Å². The summed E-state index contributed by atoms with van der Waals surface area (Å²) in [6, 6.07) is 8.60. The highest BCUT2D eigenvalue weighted by Gasteiger charge is 2.42. The lowest BCUT2D eigenvalue weighted by Crippen LogP contribution is -2.15. The lowest BCUT2D eigenvalue weighted by atomic mass is 10.0. The highest BCUT2D eigenvalue weighted by molar-refractivity contribution is 6.33. The van der Waals surface area contributed by atoms with Gasteiger partial charge in [-0.15, -0.1) is 10.2 Å². The van der Waals surface area contributed by atoms with Crippen molar-refractivity contribution in [2.24, 2.45) is 0 Å². The van der Waals surface area contributed by atoms with E-state index in [9.17, 15) is 22.0 Å². The van der Waals surface area contributed by atoms with Crippen molar-refractivity contribution in [1.29, 1.82) is 0 Å². The van der Waals surface area contributed by atoms with Gasteiger partial charge in [-0.05, 0) is 24.3 Å². The lowest BCUT2D eigenvalue weighted by Gasteiger charge is -2.12. The molecule has 0 aliphatic carbocycles. The zero-order chi connectivity index (χ0) is 24.0. The van der Waals surface area contributed by atoms with Crippen LogP contribution in [0, 0.1) is 11.6 Å². The largest absolute Gasteiger partial charge is 0.434 e. The van der Waals surface area contributed by atoms with Gasteiger partial charge in [-0.1, -0.05) is 35.0 Å². The van der Waals surface area contributed by atoms with Gasteiger partial charge in [0.15, 0.2) is 11.5 Å². The molecule has 0 saturated carbocycles. The van der Waals surface area contributed by atoms with Crippen LogP contribution in [0.25, 0.3) is 39.7 Å². The zero-order valence-electron chi connectivity index (χ0n) is 16.5. The topological polar surface area (TPSA) is 82.8 Å². The molecule has 0 radical (unpaired) electrons. The van der Waals surface area contributed by atoms with E-state index in [4.69, 9.17) is 20.5 Å². The number of para-hydroxylation sites is 1. The zero-order valence-corrected chi connectivity index (χ0v) is 17.3. The molecule has 172 valence electrons. The molecule has 3 aromatic heterocycles. The first kappa shape index (κ1) is 21.8. The van der Waals surface area contributed by atoms with Crippen molar-refractivity contribution < 1.29 is 30.9 Å².